The molecule has 8 heteroatoms. The van der Waals surface area contributed by atoms with E-state index in [4.69, 9.17) is 21.8 Å². The van der Waals surface area contributed by atoms with Crippen LogP contribution in [0.1, 0.15) is 66.3 Å². The summed E-state index contributed by atoms with van der Waals surface area (Å²) < 4.78 is 11.2. The van der Waals surface area contributed by atoms with Gasteiger partial charge >= 0.3 is 12.2 Å². The number of nitrogens with zero attached hydrogens (tertiary/aromatic N) is 3. The number of ether oxygens (including phenoxy) is 2. The van der Waals surface area contributed by atoms with Crippen molar-refractivity contribution in [1.82, 2.24) is 0 Å². The van der Waals surface area contributed by atoms with Crippen molar-refractivity contribution in [3.8, 4) is 0 Å². The fourth-order valence-corrected chi connectivity index (χ4v) is 7.98. The number of amides is 2. The number of benzene rings is 4. The summed E-state index contributed by atoms with van der Waals surface area (Å²) >= 11 is 0. The van der Waals surface area contributed by atoms with Gasteiger partial charge in [-0.25, -0.2) is 14.4 Å². The molecule has 0 saturated heterocycles. The fourth-order valence-electron chi connectivity index (χ4n) is 7.98. The molecule has 0 bridgehead atoms. The Hall–Kier alpha value is -5.13. The van der Waals surface area contributed by atoms with Gasteiger partial charge in [-0.2, -0.15) is 0 Å². The van der Waals surface area contributed by atoms with Crippen LogP contribution in [0, 0.1) is 18.4 Å². The SMILES string of the molecule is NC1(c2ccc3c(c2)CC2CCC2N3C(=O)OCc2ccccc2)CC1.[C-]#[N+]c1ccc2c(c1)CC1CCC1N2C(=O)OCc1ccccc1. The number of hydrogen-bond acceptors (Lipinski definition) is 5. The third kappa shape index (κ3) is 6.23. The lowest BCUT2D eigenvalue weighted by molar-refractivity contribution is 0.129. The minimum Gasteiger partial charge on any atom is -0.444 e. The molecular weight excluding hydrogens is 624 g/mol. The van der Waals surface area contributed by atoms with E-state index in [2.05, 4.69) is 23.0 Å². The van der Waals surface area contributed by atoms with E-state index in [1.807, 2.05) is 82.6 Å². The number of hydrogen-bond donors (Lipinski definition) is 1. The highest BCUT2D eigenvalue weighted by molar-refractivity contribution is 5.91. The van der Waals surface area contributed by atoms with Gasteiger partial charge in [0.05, 0.1) is 12.3 Å². The van der Waals surface area contributed by atoms with Crippen LogP contribution in [-0.2, 0) is 41.1 Å². The maximum atomic E-state index is 12.9. The average molecular weight is 667 g/mol. The summed E-state index contributed by atoms with van der Waals surface area (Å²) in [6.45, 7) is 7.77. The predicted octanol–water partition coefficient (Wildman–Crippen LogP) is 8.83. The van der Waals surface area contributed by atoms with Crippen LogP contribution in [0.15, 0.2) is 97.1 Å². The summed E-state index contributed by atoms with van der Waals surface area (Å²) in [5, 5.41) is 0. The van der Waals surface area contributed by atoms with Crippen LogP contribution >= 0.6 is 0 Å². The first kappa shape index (κ1) is 32.1. The lowest BCUT2D eigenvalue weighted by atomic mass is 9.71. The van der Waals surface area contributed by atoms with Gasteiger partial charge in [-0.15, -0.1) is 0 Å². The van der Waals surface area contributed by atoms with Gasteiger partial charge in [0, 0.05) is 23.3 Å². The monoisotopic (exact) mass is 666 g/mol. The summed E-state index contributed by atoms with van der Waals surface area (Å²) in [5.41, 5.74) is 14.3. The molecule has 2 N–H and O–H groups in total. The van der Waals surface area contributed by atoms with Gasteiger partial charge in [0.1, 0.15) is 13.2 Å². The number of rotatable bonds is 5. The normalized spacial score (nSPS) is 23.0. The van der Waals surface area contributed by atoms with Gasteiger partial charge in [-0.1, -0.05) is 84.9 Å². The van der Waals surface area contributed by atoms with Crippen LogP contribution < -0.4 is 15.5 Å². The molecule has 9 rings (SSSR count). The Bertz CT molecular complexity index is 1940. The Kier molecular flexibility index (Phi) is 8.54. The van der Waals surface area contributed by atoms with Crippen molar-refractivity contribution in [2.45, 2.75) is 82.2 Å². The fraction of sp³-hybridized carbons (Fsp3) is 0.357. The first-order valence-corrected chi connectivity index (χ1v) is 17.8. The molecule has 4 unspecified atom stereocenters. The molecule has 4 atom stereocenters. The highest BCUT2D eigenvalue weighted by atomic mass is 16.6. The second-order valence-electron chi connectivity index (χ2n) is 14.5. The van der Waals surface area contributed by atoms with Crippen LogP contribution in [0.2, 0.25) is 0 Å². The van der Waals surface area contributed by atoms with E-state index in [0.717, 1.165) is 73.0 Å². The second kappa shape index (κ2) is 13.3. The summed E-state index contributed by atoms with van der Waals surface area (Å²) in [6, 6.07) is 32.1. The van der Waals surface area contributed by atoms with E-state index >= 15 is 0 Å². The van der Waals surface area contributed by atoms with Crippen LogP contribution in [0.4, 0.5) is 26.7 Å². The molecule has 3 saturated carbocycles. The molecular formula is C42H42N4O4. The molecule has 254 valence electrons. The molecule has 4 aromatic rings. The highest BCUT2D eigenvalue weighted by Crippen LogP contribution is 2.48. The number of nitrogens with two attached hydrogens (primary N) is 1. The Labute approximate surface area is 293 Å². The Morgan fingerprint density at radius 1 is 0.700 bits per heavy atom. The molecule has 4 aromatic carbocycles. The zero-order chi connectivity index (χ0) is 34.2. The van der Waals surface area contributed by atoms with Crippen LogP contribution in [0.3, 0.4) is 0 Å². The lowest BCUT2D eigenvalue weighted by Gasteiger charge is -2.48. The van der Waals surface area contributed by atoms with Crippen LogP contribution in [0.5, 0.6) is 0 Å². The van der Waals surface area contributed by atoms with Crippen molar-refractivity contribution in [3.05, 3.63) is 136 Å². The predicted molar refractivity (Wildman–Crippen MR) is 193 cm³/mol. The second-order valence-corrected chi connectivity index (χ2v) is 14.5. The van der Waals surface area contributed by atoms with Gasteiger partial charge in [-0.05, 0) is 103 Å². The molecule has 8 nitrogen and oxygen atoms in total. The van der Waals surface area contributed by atoms with Crippen molar-refractivity contribution in [1.29, 1.82) is 0 Å². The highest BCUT2D eigenvalue weighted by Gasteiger charge is 2.46. The molecule has 0 spiro atoms. The quantitative estimate of drug-likeness (QED) is 0.215. The van der Waals surface area contributed by atoms with Crippen LogP contribution in [-0.4, -0.2) is 24.3 Å². The van der Waals surface area contributed by atoms with E-state index in [-0.39, 0.29) is 36.4 Å². The van der Waals surface area contributed by atoms with E-state index in [1.54, 1.807) is 6.07 Å². The minimum atomic E-state index is -0.287. The smallest absolute Gasteiger partial charge is 0.414 e. The minimum absolute atomic E-state index is 0.135. The van der Waals surface area contributed by atoms with Gasteiger partial charge in [0.25, 0.3) is 0 Å². The van der Waals surface area contributed by atoms with Crippen molar-refractivity contribution >= 4 is 29.2 Å². The number of carbonyl (C=O) groups is 2. The van der Waals surface area contributed by atoms with Gasteiger partial charge < -0.3 is 15.2 Å². The van der Waals surface area contributed by atoms with Crippen molar-refractivity contribution < 1.29 is 19.1 Å². The van der Waals surface area contributed by atoms with Crippen molar-refractivity contribution in [2.75, 3.05) is 9.80 Å². The molecule has 2 aliphatic heterocycles. The van der Waals surface area contributed by atoms with Gasteiger partial charge in [-0.3, -0.25) is 9.80 Å². The summed E-state index contributed by atoms with van der Waals surface area (Å²) in [4.78, 5) is 32.8. The van der Waals surface area contributed by atoms with Crippen LogP contribution in [0.25, 0.3) is 4.85 Å². The van der Waals surface area contributed by atoms with E-state index in [1.165, 1.54) is 17.5 Å². The Morgan fingerprint density at radius 3 is 1.66 bits per heavy atom. The molecule has 3 fully saturated rings. The first-order chi connectivity index (χ1) is 24.4. The van der Waals surface area contributed by atoms with Crippen molar-refractivity contribution in [3.63, 3.8) is 0 Å². The van der Waals surface area contributed by atoms with E-state index in [0.29, 0.717) is 24.1 Å². The van der Waals surface area contributed by atoms with Gasteiger partial charge in [0.2, 0.25) is 0 Å². The van der Waals surface area contributed by atoms with Crippen molar-refractivity contribution in [2.24, 2.45) is 17.6 Å². The molecule has 0 aromatic heterocycles. The number of fused-ring (bicyclic) bond motifs is 4. The topological polar surface area (TPSA) is 89.5 Å². The zero-order valence-corrected chi connectivity index (χ0v) is 28.2. The summed E-state index contributed by atoms with van der Waals surface area (Å²) in [7, 11) is 0. The molecule has 2 amide bonds. The van der Waals surface area contributed by atoms with E-state index < -0.39 is 0 Å². The molecule has 2 heterocycles. The van der Waals surface area contributed by atoms with Gasteiger partial charge in [0.15, 0.2) is 5.69 Å². The molecule has 0 radical (unpaired) electrons. The standard InChI is InChI=1S/C22H24N2O2.C20H18N2O2/c23-22(10-11-22)18-7-9-20-17(13-18)12-16-6-8-19(16)24(20)21(25)26-14-15-4-2-1-3-5-15;1-21-17-8-10-19-16(12-17)11-15-7-9-18(15)22(19)20(23)24-13-14-5-3-2-4-6-14/h1-5,7,9,13,16,19H,6,8,10-12,14,23H2;2-6,8,10,12,15,18H,7,9,11,13H2. The maximum Gasteiger partial charge on any atom is 0.414 e. The first-order valence-electron chi connectivity index (χ1n) is 17.8. The Balaban J connectivity index is 0.000000145. The number of anilines is 2. The molecule has 5 aliphatic rings. The maximum absolute atomic E-state index is 12.9. The lowest BCUT2D eigenvalue weighted by Crippen LogP contribution is -2.54. The van der Waals surface area contributed by atoms with E-state index in [9.17, 15) is 9.59 Å². The zero-order valence-electron chi connectivity index (χ0n) is 28.2. The average Bonchev–Trinajstić information content (AvgIpc) is 3.89. The summed E-state index contributed by atoms with van der Waals surface area (Å²) in [6.07, 6.45) is 8.00. The molecule has 3 aliphatic carbocycles. The largest absolute Gasteiger partial charge is 0.444 e. The Morgan fingerprint density at radius 2 is 1.20 bits per heavy atom. The third-order valence-corrected chi connectivity index (χ3v) is 11.3. The third-order valence-electron chi connectivity index (χ3n) is 11.3. The number of carbonyl (C=O) groups excluding carboxylic acids is 2. The molecule has 50 heavy (non-hydrogen) atoms. The summed E-state index contributed by atoms with van der Waals surface area (Å²) in [5.74, 6) is 1.04.